The van der Waals surface area contributed by atoms with E-state index in [0.29, 0.717) is 18.0 Å². The smallest absolute Gasteiger partial charge is 0.272 e. The van der Waals surface area contributed by atoms with Gasteiger partial charge in [0.2, 0.25) is 0 Å². The Balaban J connectivity index is 1.80. The molecule has 3 aromatic rings. The van der Waals surface area contributed by atoms with Gasteiger partial charge in [0.15, 0.2) is 0 Å². The van der Waals surface area contributed by atoms with Crippen LogP contribution in [-0.2, 0) is 0 Å². The van der Waals surface area contributed by atoms with Crippen LogP contribution in [0.15, 0.2) is 54.6 Å². The highest BCUT2D eigenvalue weighted by atomic mass is 16.5. The Morgan fingerprint density at radius 3 is 2.81 bits per heavy atom. The van der Waals surface area contributed by atoms with Crippen molar-refractivity contribution in [2.75, 3.05) is 11.9 Å². The van der Waals surface area contributed by atoms with Crippen LogP contribution in [0.3, 0.4) is 0 Å². The Morgan fingerprint density at radius 2 is 2.00 bits per heavy atom. The summed E-state index contributed by atoms with van der Waals surface area (Å²) >= 11 is 0. The van der Waals surface area contributed by atoms with Crippen LogP contribution in [0.4, 0.5) is 5.69 Å². The van der Waals surface area contributed by atoms with Crippen molar-refractivity contribution in [3.8, 4) is 5.75 Å². The van der Waals surface area contributed by atoms with E-state index in [1.807, 2.05) is 61.5 Å². The fourth-order valence-corrected chi connectivity index (χ4v) is 2.22. The van der Waals surface area contributed by atoms with Crippen molar-refractivity contribution in [2.24, 2.45) is 0 Å². The molecule has 106 valence electrons. The van der Waals surface area contributed by atoms with Gasteiger partial charge >= 0.3 is 0 Å². The van der Waals surface area contributed by atoms with E-state index in [4.69, 9.17) is 4.74 Å². The lowest BCUT2D eigenvalue weighted by atomic mass is 10.2. The van der Waals surface area contributed by atoms with E-state index in [-0.39, 0.29) is 5.91 Å². The number of fused-ring (bicyclic) bond motifs is 1. The van der Waals surface area contributed by atoms with E-state index < -0.39 is 0 Å². The topological polar surface area (TPSA) is 54.1 Å². The maximum atomic E-state index is 12.3. The van der Waals surface area contributed by atoms with E-state index >= 15 is 0 Å². The maximum absolute atomic E-state index is 12.3. The predicted molar refractivity (Wildman–Crippen MR) is 83.9 cm³/mol. The molecule has 21 heavy (non-hydrogen) atoms. The van der Waals surface area contributed by atoms with Crippen LogP contribution < -0.4 is 10.1 Å². The molecule has 0 spiro atoms. The maximum Gasteiger partial charge on any atom is 0.272 e. The normalized spacial score (nSPS) is 10.5. The number of hydrogen-bond acceptors (Lipinski definition) is 2. The van der Waals surface area contributed by atoms with Gasteiger partial charge in [-0.15, -0.1) is 0 Å². The lowest BCUT2D eigenvalue weighted by Gasteiger charge is -2.07. The number of rotatable bonds is 4. The molecule has 0 fully saturated rings. The second-order valence-corrected chi connectivity index (χ2v) is 4.69. The molecule has 0 saturated carbocycles. The number of aromatic amines is 1. The fraction of sp³-hybridized carbons (Fsp3) is 0.118. The Hall–Kier alpha value is -2.75. The fourth-order valence-electron chi connectivity index (χ4n) is 2.22. The number of benzene rings is 2. The number of nitrogens with one attached hydrogen (secondary N) is 2. The van der Waals surface area contributed by atoms with Crippen LogP contribution >= 0.6 is 0 Å². The number of ether oxygens (including phenoxy) is 1. The Morgan fingerprint density at radius 1 is 1.14 bits per heavy atom. The van der Waals surface area contributed by atoms with Crippen LogP contribution in [0.1, 0.15) is 17.4 Å². The van der Waals surface area contributed by atoms with Gasteiger partial charge in [0.25, 0.3) is 5.91 Å². The zero-order valence-corrected chi connectivity index (χ0v) is 11.7. The van der Waals surface area contributed by atoms with Gasteiger partial charge in [-0.2, -0.15) is 0 Å². The van der Waals surface area contributed by atoms with Crippen LogP contribution in [0.5, 0.6) is 5.75 Å². The van der Waals surface area contributed by atoms with Crippen molar-refractivity contribution >= 4 is 22.5 Å². The zero-order valence-electron chi connectivity index (χ0n) is 11.7. The average Bonchev–Trinajstić information content (AvgIpc) is 2.92. The third kappa shape index (κ3) is 2.89. The highest BCUT2D eigenvalue weighted by Gasteiger charge is 2.09. The highest BCUT2D eigenvalue weighted by Crippen LogP contribution is 2.19. The van der Waals surface area contributed by atoms with Gasteiger partial charge in [-0.05, 0) is 31.2 Å². The van der Waals surface area contributed by atoms with E-state index in [2.05, 4.69) is 10.3 Å². The first-order valence-corrected chi connectivity index (χ1v) is 6.88. The number of H-pyrrole nitrogens is 1. The molecule has 1 amide bonds. The third-order valence-corrected chi connectivity index (χ3v) is 3.18. The van der Waals surface area contributed by atoms with Crippen LogP contribution in [0.25, 0.3) is 10.9 Å². The number of carbonyl (C=O) groups excluding carboxylic acids is 1. The molecule has 0 radical (unpaired) electrons. The van der Waals surface area contributed by atoms with E-state index in [1.165, 1.54) is 0 Å². The summed E-state index contributed by atoms with van der Waals surface area (Å²) in [5.74, 6) is 0.576. The lowest BCUT2D eigenvalue weighted by molar-refractivity contribution is 0.102. The van der Waals surface area contributed by atoms with E-state index in [9.17, 15) is 4.79 Å². The van der Waals surface area contributed by atoms with Gasteiger partial charge in [0.1, 0.15) is 11.4 Å². The molecule has 3 rings (SSSR count). The van der Waals surface area contributed by atoms with E-state index in [1.54, 1.807) is 0 Å². The molecule has 0 bridgehead atoms. The quantitative estimate of drug-likeness (QED) is 0.763. The highest BCUT2D eigenvalue weighted by molar-refractivity contribution is 6.05. The Bertz CT molecular complexity index is 744. The van der Waals surface area contributed by atoms with Crippen molar-refractivity contribution in [3.05, 3.63) is 60.3 Å². The van der Waals surface area contributed by atoms with Crippen molar-refractivity contribution < 1.29 is 9.53 Å². The minimum atomic E-state index is -0.167. The molecule has 1 aromatic heterocycles. The van der Waals surface area contributed by atoms with Crippen molar-refractivity contribution in [3.63, 3.8) is 0 Å². The SMILES string of the molecule is CCOc1cccc(NC(=O)c2cc3ccccc3[nH]2)c1. The van der Waals surface area contributed by atoms with Gasteiger partial charge < -0.3 is 15.0 Å². The molecule has 2 aromatic carbocycles. The second kappa shape index (κ2) is 5.71. The van der Waals surface area contributed by atoms with Gasteiger partial charge in [-0.3, -0.25) is 4.79 Å². The third-order valence-electron chi connectivity index (χ3n) is 3.18. The average molecular weight is 280 g/mol. The lowest BCUT2D eigenvalue weighted by Crippen LogP contribution is -2.12. The molecular weight excluding hydrogens is 264 g/mol. The molecule has 4 nitrogen and oxygen atoms in total. The minimum Gasteiger partial charge on any atom is -0.494 e. The minimum absolute atomic E-state index is 0.167. The molecule has 0 unspecified atom stereocenters. The molecule has 0 atom stereocenters. The number of aromatic nitrogens is 1. The van der Waals surface area contributed by atoms with Gasteiger partial charge in [0, 0.05) is 22.7 Å². The molecule has 1 heterocycles. The van der Waals surface area contributed by atoms with Crippen molar-refractivity contribution in [1.29, 1.82) is 0 Å². The monoisotopic (exact) mass is 280 g/mol. The first-order chi connectivity index (χ1) is 10.3. The summed E-state index contributed by atoms with van der Waals surface area (Å²) in [6.07, 6.45) is 0. The van der Waals surface area contributed by atoms with Crippen molar-refractivity contribution in [1.82, 2.24) is 4.98 Å². The molecule has 0 aliphatic heterocycles. The van der Waals surface area contributed by atoms with Gasteiger partial charge in [-0.25, -0.2) is 0 Å². The summed E-state index contributed by atoms with van der Waals surface area (Å²) < 4.78 is 5.42. The molecule has 0 saturated heterocycles. The summed E-state index contributed by atoms with van der Waals surface area (Å²) in [6.45, 7) is 2.52. The first kappa shape index (κ1) is 13.2. The summed E-state index contributed by atoms with van der Waals surface area (Å²) in [5.41, 5.74) is 2.20. The predicted octanol–water partition coefficient (Wildman–Crippen LogP) is 3.82. The van der Waals surface area contributed by atoms with Crippen LogP contribution in [0.2, 0.25) is 0 Å². The number of hydrogen-bond donors (Lipinski definition) is 2. The Kier molecular flexibility index (Phi) is 3.60. The molecule has 0 aliphatic rings. The summed E-state index contributed by atoms with van der Waals surface area (Å²) in [4.78, 5) is 15.4. The zero-order chi connectivity index (χ0) is 14.7. The second-order valence-electron chi connectivity index (χ2n) is 4.69. The number of amides is 1. The molecule has 4 heteroatoms. The Labute approximate surface area is 122 Å². The summed E-state index contributed by atoms with van der Waals surface area (Å²) in [6, 6.07) is 17.0. The molecule has 2 N–H and O–H groups in total. The first-order valence-electron chi connectivity index (χ1n) is 6.88. The molecule has 0 aliphatic carbocycles. The van der Waals surface area contributed by atoms with Crippen molar-refractivity contribution in [2.45, 2.75) is 6.92 Å². The largest absolute Gasteiger partial charge is 0.494 e. The van der Waals surface area contributed by atoms with Crippen LogP contribution in [0, 0.1) is 0 Å². The van der Waals surface area contributed by atoms with Crippen LogP contribution in [-0.4, -0.2) is 17.5 Å². The number of carbonyl (C=O) groups is 1. The number of para-hydroxylation sites is 1. The molecular formula is C17H16N2O2. The van der Waals surface area contributed by atoms with Gasteiger partial charge in [0.05, 0.1) is 6.61 Å². The summed E-state index contributed by atoms with van der Waals surface area (Å²) in [7, 11) is 0. The number of anilines is 1. The van der Waals surface area contributed by atoms with Gasteiger partial charge in [-0.1, -0.05) is 24.3 Å². The van der Waals surface area contributed by atoms with E-state index in [0.717, 1.165) is 16.7 Å². The standard InChI is InChI=1S/C17H16N2O2/c1-2-21-14-8-5-7-13(11-14)18-17(20)16-10-12-6-3-4-9-15(12)19-16/h3-11,19H,2H2,1H3,(H,18,20). The summed E-state index contributed by atoms with van der Waals surface area (Å²) in [5, 5.41) is 3.89.